The molecule has 1 saturated heterocycles. The fourth-order valence-electron chi connectivity index (χ4n) is 3.78. The third-order valence-electron chi connectivity index (χ3n) is 5.55. The van der Waals surface area contributed by atoms with Crippen molar-refractivity contribution < 1.29 is 17.6 Å². The fraction of sp³-hybridized carbons (Fsp3) is 0.208. The molecule has 4 rings (SSSR count). The Balaban J connectivity index is 1.41. The number of para-hydroxylation sites is 1. The van der Waals surface area contributed by atoms with Crippen LogP contribution in [0.3, 0.4) is 0 Å². The number of halogens is 2. The lowest BCUT2D eigenvalue weighted by molar-refractivity contribution is 0.0948. The Labute approximate surface area is 197 Å². The van der Waals surface area contributed by atoms with E-state index < -0.39 is 21.7 Å². The van der Waals surface area contributed by atoms with Crippen molar-refractivity contribution in [1.29, 1.82) is 0 Å². The van der Waals surface area contributed by atoms with Crippen LogP contribution in [0.2, 0.25) is 5.02 Å². The molecule has 0 bridgehead atoms. The molecular weight excluding hydrogens is 465 g/mol. The summed E-state index contributed by atoms with van der Waals surface area (Å²) >= 11 is 6.19. The maximum Gasteiger partial charge on any atom is 0.261 e. The predicted octanol–water partition coefficient (Wildman–Crippen LogP) is 4.54. The molecular formula is C24H23ClFN3O3S. The topological polar surface area (TPSA) is 78.5 Å². The number of carbonyl (C=O) groups is 1. The first-order chi connectivity index (χ1) is 15.8. The van der Waals surface area contributed by atoms with Gasteiger partial charge >= 0.3 is 0 Å². The van der Waals surface area contributed by atoms with Crippen molar-refractivity contribution in [2.75, 3.05) is 29.3 Å². The fourth-order valence-corrected chi connectivity index (χ4v) is 5.07. The highest BCUT2D eigenvalue weighted by Gasteiger charge is 2.24. The zero-order chi connectivity index (χ0) is 23.4. The summed E-state index contributed by atoms with van der Waals surface area (Å²) in [4.78, 5) is 14.9. The number of benzene rings is 3. The number of nitrogens with zero attached hydrogens (tertiary/aromatic N) is 1. The summed E-state index contributed by atoms with van der Waals surface area (Å²) in [6, 6.07) is 19.0. The number of rotatable bonds is 7. The molecule has 0 saturated carbocycles. The molecule has 0 radical (unpaired) electrons. The van der Waals surface area contributed by atoms with Gasteiger partial charge in [-0.15, -0.1) is 0 Å². The number of carbonyl (C=O) groups excluding carboxylic acids is 1. The second-order valence-corrected chi connectivity index (χ2v) is 9.99. The van der Waals surface area contributed by atoms with E-state index in [9.17, 15) is 17.6 Å². The monoisotopic (exact) mass is 487 g/mol. The van der Waals surface area contributed by atoms with E-state index in [0.717, 1.165) is 37.3 Å². The van der Waals surface area contributed by atoms with Crippen LogP contribution in [0.1, 0.15) is 16.8 Å². The van der Waals surface area contributed by atoms with Crippen LogP contribution in [0.4, 0.5) is 15.8 Å². The van der Waals surface area contributed by atoms with E-state index in [1.807, 2.05) is 18.2 Å². The molecule has 0 spiro atoms. The molecule has 0 aliphatic carbocycles. The maximum atomic E-state index is 13.1. The van der Waals surface area contributed by atoms with Gasteiger partial charge in [0.2, 0.25) is 0 Å². The lowest BCUT2D eigenvalue weighted by Gasteiger charge is -2.18. The van der Waals surface area contributed by atoms with E-state index in [1.165, 1.54) is 30.3 Å². The second kappa shape index (κ2) is 9.80. The first-order valence-corrected chi connectivity index (χ1v) is 12.3. The van der Waals surface area contributed by atoms with E-state index in [4.69, 9.17) is 11.6 Å². The predicted molar refractivity (Wildman–Crippen MR) is 128 cm³/mol. The summed E-state index contributed by atoms with van der Waals surface area (Å²) in [7, 11) is -3.99. The SMILES string of the molecule is O=C(NCC1CCN(c2ccccc2)C1)c1cc(S(=O)(=O)Nc2ccc(F)cc2)ccc1Cl. The number of anilines is 2. The van der Waals surface area contributed by atoms with Crippen LogP contribution < -0.4 is 14.9 Å². The van der Waals surface area contributed by atoms with Gasteiger partial charge in [-0.05, 0) is 66.9 Å². The Morgan fingerprint density at radius 1 is 1.06 bits per heavy atom. The van der Waals surface area contributed by atoms with Crippen molar-refractivity contribution in [3.63, 3.8) is 0 Å². The van der Waals surface area contributed by atoms with Gasteiger partial charge in [0.05, 0.1) is 15.5 Å². The van der Waals surface area contributed by atoms with Gasteiger partial charge in [-0.3, -0.25) is 9.52 Å². The molecule has 1 amide bonds. The Kier molecular flexibility index (Phi) is 6.85. The van der Waals surface area contributed by atoms with Gasteiger partial charge in [0.1, 0.15) is 5.82 Å². The average Bonchev–Trinajstić information content (AvgIpc) is 3.29. The van der Waals surface area contributed by atoms with Crippen LogP contribution in [-0.4, -0.2) is 34.0 Å². The quantitative estimate of drug-likeness (QED) is 0.513. The van der Waals surface area contributed by atoms with Crippen LogP contribution in [0.25, 0.3) is 0 Å². The molecule has 2 N–H and O–H groups in total. The third kappa shape index (κ3) is 5.64. The summed E-state index contributed by atoms with van der Waals surface area (Å²) in [6.07, 6.45) is 0.943. The van der Waals surface area contributed by atoms with Crippen molar-refractivity contribution in [2.45, 2.75) is 11.3 Å². The van der Waals surface area contributed by atoms with Crippen LogP contribution in [0, 0.1) is 11.7 Å². The third-order valence-corrected chi connectivity index (χ3v) is 7.26. The van der Waals surface area contributed by atoms with E-state index in [1.54, 1.807) is 0 Å². The normalized spacial score (nSPS) is 15.9. The molecule has 1 aliphatic heterocycles. The summed E-state index contributed by atoms with van der Waals surface area (Å²) < 4.78 is 40.9. The standard InChI is InChI=1S/C24H23ClFN3O3S/c25-23-11-10-21(33(31,32)28-19-8-6-18(26)7-9-19)14-22(23)24(30)27-15-17-12-13-29(16-17)20-4-2-1-3-5-20/h1-11,14,17,28H,12-13,15-16H2,(H,27,30). The van der Waals surface area contributed by atoms with Gasteiger partial charge < -0.3 is 10.2 Å². The van der Waals surface area contributed by atoms with Crippen LogP contribution >= 0.6 is 11.6 Å². The highest BCUT2D eigenvalue weighted by molar-refractivity contribution is 7.92. The molecule has 3 aromatic rings. The molecule has 6 nitrogen and oxygen atoms in total. The summed E-state index contributed by atoms with van der Waals surface area (Å²) in [5.74, 6) is -0.630. The van der Waals surface area contributed by atoms with Gasteiger partial charge in [-0.2, -0.15) is 0 Å². The molecule has 1 atom stereocenters. The van der Waals surface area contributed by atoms with Crippen molar-refractivity contribution in [2.24, 2.45) is 5.92 Å². The minimum Gasteiger partial charge on any atom is -0.371 e. The van der Waals surface area contributed by atoms with Crippen molar-refractivity contribution in [3.05, 3.63) is 89.2 Å². The smallest absolute Gasteiger partial charge is 0.261 e. The highest BCUT2D eigenvalue weighted by Crippen LogP contribution is 2.25. The van der Waals surface area contributed by atoms with Gasteiger partial charge in [0.15, 0.2) is 0 Å². The van der Waals surface area contributed by atoms with Gasteiger partial charge in [0.25, 0.3) is 15.9 Å². The first-order valence-electron chi connectivity index (χ1n) is 10.5. The molecule has 1 heterocycles. The molecule has 3 aromatic carbocycles. The van der Waals surface area contributed by atoms with Crippen molar-refractivity contribution in [1.82, 2.24) is 5.32 Å². The van der Waals surface area contributed by atoms with Crippen molar-refractivity contribution in [3.8, 4) is 0 Å². The molecule has 172 valence electrons. The van der Waals surface area contributed by atoms with E-state index in [-0.39, 0.29) is 27.1 Å². The van der Waals surface area contributed by atoms with Gasteiger partial charge in [0, 0.05) is 31.0 Å². The highest BCUT2D eigenvalue weighted by atomic mass is 35.5. The van der Waals surface area contributed by atoms with Crippen LogP contribution in [-0.2, 0) is 10.0 Å². The molecule has 1 aliphatic rings. The maximum absolute atomic E-state index is 13.1. The Bertz CT molecular complexity index is 1240. The van der Waals surface area contributed by atoms with Gasteiger partial charge in [-0.1, -0.05) is 29.8 Å². The Hall–Kier alpha value is -3.10. The minimum absolute atomic E-state index is 0.0801. The molecule has 33 heavy (non-hydrogen) atoms. The number of hydrogen-bond donors (Lipinski definition) is 2. The van der Waals surface area contributed by atoms with E-state index in [0.29, 0.717) is 6.54 Å². The Morgan fingerprint density at radius 2 is 1.79 bits per heavy atom. The number of sulfonamides is 1. The van der Waals surface area contributed by atoms with Crippen molar-refractivity contribution >= 4 is 38.9 Å². The Morgan fingerprint density at radius 3 is 2.52 bits per heavy atom. The molecule has 0 aromatic heterocycles. The number of amides is 1. The molecule has 9 heteroatoms. The lowest BCUT2D eigenvalue weighted by atomic mass is 10.1. The zero-order valence-corrected chi connectivity index (χ0v) is 19.2. The van der Waals surface area contributed by atoms with Crippen LogP contribution in [0.5, 0.6) is 0 Å². The minimum atomic E-state index is -3.99. The summed E-state index contributed by atoms with van der Waals surface area (Å²) in [6.45, 7) is 2.20. The van der Waals surface area contributed by atoms with Gasteiger partial charge in [-0.25, -0.2) is 12.8 Å². The second-order valence-electron chi connectivity index (χ2n) is 7.90. The molecule has 1 unspecified atom stereocenters. The first kappa shape index (κ1) is 23.1. The number of hydrogen-bond acceptors (Lipinski definition) is 4. The molecule has 1 fully saturated rings. The zero-order valence-electron chi connectivity index (χ0n) is 17.7. The summed E-state index contributed by atoms with van der Waals surface area (Å²) in [5.41, 5.74) is 1.44. The van der Waals surface area contributed by atoms with Crippen LogP contribution in [0.15, 0.2) is 77.7 Å². The average molecular weight is 488 g/mol. The number of nitrogens with one attached hydrogen (secondary N) is 2. The van der Waals surface area contributed by atoms with E-state index in [2.05, 4.69) is 27.1 Å². The van der Waals surface area contributed by atoms with E-state index >= 15 is 0 Å². The largest absolute Gasteiger partial charge is 0.371 e. The lowest BCUT2D eigenvalue weighted by Crippen LogP contribution is -2.31. The summed E-state index contributed by atoms with van der Waals surface area (Å²) in [5, 5.41) is 3.04.